The SMILES string of the molecule is Cc1cc(C(=O)N2CCOC(CBr)C2)cc([N+](=O)[O-])c1. The van der Waals surface area contributed by atoms with Gasteiger partial charge < -0.3 is 9.64 Å². The van der Waals surface area contributed by atoms with E-state index >= 15 is 0 Å². The van der Waals surface area contributed by atoms with E-state index in [1.54, 1.807) is 17.9 Å². The molecule has 1 heterocycles. The highest BCUT2D eigenvalue weighted by Crippen LogP contribution is 2.19. The van der Waals surface area contributed by atoms with Crippen molar-refractivity contribution in [3.05, 3.63) is 39.4 Å². The number of hydrogen-bond acceptors (Lipinski definition) is 4. The van der Waals surface area contributed by atoms with E-state index in [0.717, 1.165) is 0 Å². The van der Waals surface area contributed by atoms with Gasteiger partial charge in [-0.15, -0.1) is 0 Å². The van der Waals surface area contributed by atoms with E-state index in [4.69, 9.17) is 4.74 Å². The molecule has 0 spiro atoms. The summed E-state index contributed by atoms with van der Waals surface area (Å²) in [7, 11) is 0. The van der Waals surface area contributed by atoms with Gasteiger partial charge in [0.2, 0.25) is 0 Å². The van der Waals surface area contributed by atoms with E-state index in [1.165, 1.54) is 12.1 Å². The smallest absolute Gasteiger partial charge is 0.270 e. The van der Waals surface area contributed by atoms with Gasteiger partial charge in [-0.05, 0) is 18.6 Å². The van der Waals surface area contributed by atoms with Crippen molar-refractivity contribution in [1.29, 1.82) is 0 Å². The third-order valence-electron chi connectivity index (χ3n) is 3.12. The number of rotatable bonds is 3. The van der Waals surface area contributed by atoms with Gasteiger partial charge in [0.05, 0.1) is 17.6 Å². The fourth-order valence-electron chi connectivity index (χ4n) is 2.17. The van der Waals surface area contributed by atoms with Crippen LogP contribution >= 0.6 is 15.9 Å². The Morgan fingerprint density at radius 1 is 1.55 bits per heavy atom. The molecule has 1 aromatic rings. The van der Waals surface area contributed by atoms with E-state index in [9.17, 15) is 14.9 Å². The molecule has 0 aliphatic carbocycles. The molecule has 2 rings (SSSR count). The molecule has 1 aliphatic rings. The number of nitrogens with zero attached hydrogens (tertiary/aromatic N) is 2. The van der Waals surface area contributed by atoms with Crippen molar-refractivity contribution >= 4 is 27.5 Å². The van der Waals surface area contributed by atoms with Gasteiger partial charge in [-0.2, -0.15) is 0 Å². The van der Waals surface area contributed by atoms with Crippen LogP contribution in [0.4, 0.5) is 5.69 Å². The Kier molecular flexibility index (Phi) is 4.72. The summed E-state index contributed by atoms with van der Waals surface area (Å²) in [5.74, 6) is -0.189. The number of benzene rings is 1. The first-order valence-corrected chi connectivity index (χ1v) is 7.36. The summed E-state index contributed by atoms with van der Waals surface area (Å²) in [6.07, 6.45) is -0.0347. The van der Waals surface area contributed by atoms with E-state index in [1.807, 2.05) is 0 Å². The van der Waals surface area contributed by atoms with Crippen molar-refractivity contribution in [3.8, 4) is 0 Å². The zero-order valence-electron chi connectivity index (χ0n) is 11.0. The summed E-state index contributed by atoms with van der Waals surface area (Å²) >= 11 is 3.33. The van der Waals surface area contributed by atoms with E-state index in [-0.39, 0.29) is 17.7 Å². The maximum absolute atomic E-state index is 12.4. The molecule has 1 aliphatic heterocycles. The third kappa shape index (κ3) is 3.34. The van der Waals surface area contributed by atoms with Gasteiger partial charge in [0.25, 0.3) is 11.6 Å². The standard InChI is InChI=1S/C13H15BrN2O4/c1-9-4-10(6-11(5-9)16(18)19)13(17)15-2-3-20-12(7-14)8-15/h4-6,12H,2-3,7-8H2,1H3. The Hall–Kier alpha value is -1.47. The van der Waals surface area contributed by atoms with Crippen LogP contribution in [0.3, 0.4) is 0 Å². The van der Waals surface area contributed by atoms with Gasteiger partial charge in [0.15, 0.2) is 0 Å². The lowest BCUT2D eigenvalue weighted by molar-refractivity contribution is -0.384. The lowest BCUT2D eigenvalue weighted by Gasteiger charge is -2.32. The highest BCUT2D eigenvalue weighted by atomic mass is 79.9. The first-order valence-electron chi connectivity index (χ1n) is 6.24. The molecule has 0 aromatic heterocycles. The van der Waals surface area contributed by atoms with Gasteiger partial charge in [0, 0.05) is 36.1 Å². The molecule has 1 aromatic carbocycles. The molecule has 6 nitrogen and oxygen atoms in total. The molecule has 1 fully saturated rings. The number of carbonyl (C=O) groups is 1. The summed E-state index contributed by atoms with van der Waals surface area (Å²) < 4.78 is 5.48. The molecule has 1 amide bonds. The average molecular weight is 343 g/mol. The fraction of sp³-hybridized carbons (Fsp3) is 0.462. The van der Waals surface area contributed by atoms with Crippen molar-refractivity contribution in [2.75, 3.05) is 25.0 Å². The molecule has 1 saturated heterocycles. The second-order valence-corrected chi connectivity index (χ2v) is 5.36. The third-order valence-corrected chi connectivity index (χ3v) is 3.84. The maximum Gasteiger partial charge on any atom is 0.270 e. The van der Waals surface area contributed by atoms with E-state index < -0.39 is 4.92 Å². The first kappa shape index (κ1) is 14.9. The van der Waals surface area contributed by atoms with Gasteiger partial charge >= 0.3 is 0 Å². The Balaban J connectivity index is 2.22. The molecule has 0 bridgehead atoms. The predicted molar refractivity (Wildman–Crippen MR) is 77.3 cm³/mol. The molecule has 108 valence electrons. The van der Waals surface area contributed by atoms with E-state index in [2.05, 4.69) is 15.9 Å². The quantitative estimate of drug-likeness (QED) is 0.479. The van der Waals surface area contributed by atoms with Crippen LogP contribution in [0.1, 0.15) is 15.9 Å². The molecular formula is C13H15BrN2O4. The summed E-state index contributed by atoms with van der Waals surface area (Å²) in [5.41, 5.74) is 0.999. The first-order chi connectivity index (χ1) is 9.51. The van der Waals surface area contributed by atoms with Crippen LogP contribution in [0.15, 0.2) is 18.2 Å². The van der Waals surface area contributed by atoms with Crippen molar-refractivity contribution in [2.24, 2.45) is 0 Å². The molecule has 7 heteroatoms. The zero-order valence-corrected chi connectivity index (χ0v) is 12.6. The number of halogens is 1. The summed E-state index contributed by atoms with van der Waals surface area (Å²) in [6, 6.07) is 4.46. The molecule has 1 unspecified atom stereocenters. The Bertz CT molecular complexity index is 535. The van der Waals surface area contributed by atoms with Crippen LogP contribution in [-0.2, 0) is 4.74 Å². The van der Waals surface area contributed by atoms with Crippen LogP contribution < -0.4 is 0 Å². The van der Waals surface area contributed by atoms with Gasteiger partial charge in [-0.25, -0.2) is 0 Å². The highest BCUT2D eigenvalue weighted by Gasteiger charge is 2.25. The second kappa shape index (κ2) is 6.32. The number of nitro groups is 1. The minimum Gasteiger partial charge on any atom is -0.374 e. The van der Waals surface area contributed by atoms with Crippen molar-refractivity contribution < 1.29 is 14.5 Å². The van der Waals surface area contributed by atoms with E-state index in [0.29, 0.717) is 36.2 Å². The van der Waals surface area contributed by atoms with Crippen LogP contribution in [0.25, 0.3) is 0 Å². The number of alkyl halides is 1. The van der Waals surface area contributed by atoms with Gasteiger partial charge in [-0.3, -0.25) is 14.9 Å². The minimum absolute atomic E-state index is 0.0347. The number of ether oxygens (including phenoxy) is 1. The fourth-order valence-corrected chi connectivity index (χ4v) is 2.56. The lowest BCUT2D eigenvalue weighted by Crippen LogP contribution is -2.46. The van der Waals surface area contributed by atoms with Gasteiger partial charge in [-0.1, -0.05) is 15.9 Å². The van der Waals surface area contributed by atoms with Crippen LogP contribution in [-0.4, -0.2) is 46.9 Å². The summed E-state index contributed by atoms with van der Waals surface area (Å²) in [4.78, 5) is 24.5. The Morgan fingerprint density at radius 3 is 2.95 bits per heavy atom. The van der Waals surface area contributed by atoms with Crippen molar-refractivity contribution in [1.82, 2.24) is 4.90 Å². The molecular weight excluding hydrogens is 328 g/mol. The van der Waals surface area contributed by atoms with Crippen LogP contribution in [0.2, 0.25) is 0 Å². The lowest BCUT2D eigenvalue weighted by atomic mass is 10.1. The average Bonchev–Trinajstić information content (AvgIpc) is 2.45. The highest BCUT2D eigenvalue weighted by molar-refractivity contribution is 9.09. The molecule has 0 saturated carbocycles. The zero-order chi connectivity index (χ0) is 14.7. The Morgan fingerprint density at radius 2 is 2.30 bits per heavy atom. The largest absolute Gasteiger partial charge is 0.374 e. The predicted octanol–water partition coefficient (Wildman–Crippen LogP) is 2.14. The summed E-state index contributed by atoms with van der Waals surface area (Å²) in [6.45, 7) is 3.22. The van der Waals surface area contributed by atoms with Crippen LogP contribution in [0.5, 0.6) is 0 Å². The maximum atomic E-state index is 12.4. The van der Waals surface area contributed by atoms with Gasteiger partial charge in [0.1, 0.15) is 0 Å². The normalized spacial score (nSPS) is 18.9. The number of morpholine rings is 1. The number of amides is 1. The van der Waals surface area contributed by atoms with Crippen LogP contribution in [0, 0.1) is 17.0 Å². The topological polar surface area (TPSA) is 72.7 Å². The number of non-ortho nitro benzene ring substituents is 1. The minimum atomic E-state index is -0.482. The summed E-state index contributed by atoms with van der Waals surface area (Å²) in [5, 5.41) is 11.5. The number of hydrogen-bond donors (Lipinski definition) is 0. The molecule has 0 radical (unpaired) electrons. The number of nitro benzene ring substituents is 1. The molecule has 1 atom stereocenters. The molecule has 0 N–H and O–H groups in total. The number of aryl methyl sites for hydroxylation is 1. The number of carbonyl (C=O) groups excluding carboxylic acids is 1. The van der Waals surface area contributed by atoms with Crippen molar-refractivity contribution in [3.63, 3.8) is 0 Å². The second-order valence-electron chi connectivity index (χ2n) is 4.71. The van der Waals surface area contributed by atoms with Crippen molar-refractivity contribution in [2.45, 2.75) is 13.0 Å². The Labute approximate surface area is 125 Å². The molecule has 20 heavy (non-hydrogen) atoms. The monoisotopic (exact) mass is 342 g/mol.